The molecule has 0 fully saturated rings. The Labute approximate surface area is 83.0 Å². The fourth-order valence-corrected chi connectivity index (χ4v) is 1.04. The average molecular weight is 191 g/mol. The Kier molecular flexibility index (Phi) is 3.29. The van der Waals surface area contributed by atoms with Crippen molar-refractivity contribution in [3.8, 4) is 12.3 Å². The van der Waals surface area contributed by atoms with Gasteiger partial charge in [-0.2, -0.15) is 0 Å². The van der Waals surface area contributed by atoms with Crippen molar-refractivity contribution in [1.29, 1.82) is 0 Å². The predicted molar refractivity (Wildman–Crippen MR) is 56.1 cm³/mol. The molecule has 74 valence electrons. The van der Waals surface area contributed by atoms with Crippen LogP contribution in [0.15, 0.2) is 17.2 Å². The molecule has 0 aromatic carbocycles. The zero-order valence-corrected chi connectivity index (χ0v) is 8.32. The molecule has 1 unspecified atom stereocenters. The molecule has 0 aliphatic heterocycles. The van der Waals surface area contributed by atoms with Crippen LogP contribution in [-0.2, 0) is 6.54 Å². The Bertz CT molecular complexity index is 403. The summed E-state index contributed by atoms with van der Waals surface area (Å²) in [5, 5.41) is 2.85. The number of terminal acetylenes is 1. The smallest absolute Gasteiger partial charge is 0.293 e. The van der Waals surface area contributed by atoms with Crippen molar-refractivity contribution in [2.24, 2.45) is 0 Å². The van der Waals surface area contributed by atoms with Crippen LogP contribution < -0.4 is 10.9 Å². The van der Waals surface area contributed by atoms with E-state index in [0.717, 1.165) is 0 Å². The highest BCUT2D eigenvalue weighted by Gasteiger charge is 2.04. The van der Waals surface area contributed by atoms with Gasteiger partial charge in [0.25, 0.3) is 5.56 Å². The Balaban J connectivity index is 3.00. The number of anilines is 1. The topological polar surface area (TPSA) is 46.9 Å². The van der Waals surface area contributed by atoms with Crippen molar-refractivity contribution in [2.75, 3.05) is 5.32 Å². The molecule has 1 N–H and O–H groups in total. The lowest BCUT2D eigenvalue weighted by Gasteiger charge is -2.08. The third-order valence-electron chi connectivity index (χ3n) is 1.86. The van der Waals surface area contributed by atoms with Crippen molar-refractivity contribution < 1.29 is 0 Å². The fourth-order valence-electron chi connectivity index (χ4n) is 1.04. The Morgan fingerprint density at radius 2 is 2.50 bits per heavy atom. The third-order valence-corrected chi connectivity index (χ3v) is 1.86. The summed E-state index contributed by atoms with van der Waals surface area (Å²) < 4.78 is 1.57. The lowest BCUT2D eigenvalue weighted by atomic mass is 10.3. The molecule has 4 heteroatoms. The quantitative estimate of drug-likeness (QED) is 0.715. The van der Waals surface area contributed by atoms with E-state index in [2.05, 4.69) is 16.2 Å². The van der Waals surface area contributed by atoms with Gasteiger partial charge in [0.1, 0.15) is 0 Å². The molecule has 14 heavy (non-hydrogen) atoms. The van der Waals surface area contributed by atoms with Crippen LogP contribution in [0.4, 0.5) is 5.82 Å². The van der Waals surface area contributed by atoms with Gasteiger partial charge in [-0.3, -0.25) is 4.79 Å². The number of nitrogens with one attached hydrogen (secondary N) is 1. The number of rotatable bonds is 3. The Morgan fingerprint density at radius 3 is 3.07 bits per heavy atom. The molecular formula is C10H13N3O. The van der Waals surface area contributed by atoms with Crippen molar-refractivity contribution in [3.05, 3.63) is 22.7 Å². The summed E-state index contributed by atoms with van der Waals surface area (Å²) >= 11 is 0. The summed E-state index contributed by atoms with van der Waals surface area (Å²) in [4.78, 5) is 15.6. The second-order valence-electron chi connectivity index (χ2n) is 2.90. The van der Waals surface area contributed by atoms with Gasteiger partial charge in [-0.1, -0.05) is 5.92 Å². The molecule has 0 amide bonds. The maximum Gasteiger partial charge on any atom is 0.293 e. The predicted octanol–water partition coefficient (Wildman–Crippen LogP) is 0.697. The molecule has 0 saturated carbocycles. The highest BCUT2D eigenvalue weighted by atomic mass is 16.1. The van der Waals surface area contributed by atoms with Gasteiger partial charge < -0.3 is 9.88 Å². The molecule has 4 nitrogen and oxygen atoms in total. The lowest BCUT2D eigenvalue weighted by Crippen LogP contribution is -2.26. The molecule has 1 rings (SSSR count). The first-order chi connectivity index (χ1) is 6.69. The summed E-state index contributed by atoms with van der Waals surface area (Å²) in [7, 11) is 0. The monoisotopic (exact) mass is 191 g/mol. The number of nitrogens with zero attached hydrogens (tertiary/aromatic N) is 2. The normalized spacial score (nSPS) is 11.8. The van der Waals surface area contributed by atoms with Gasteiger partial charge in [0, 0.05) is 18.9 Å². The minimum absolute atomic E-state index is 0.142. The standard InChI is InChI=1S/C10H13N3O/c1-4-8(3)12-9-10(14)13(5-2)7-6-11-9/h1,6-8H,5H2,2-3H3,(H,11,12). The van der Waals surface area contributed by atoms with Gasteiger partial charge in [-0.05, 0) is 13.8 Å². The molecule has 0 bridgehead atoms. The summed E-state index contributed by atoms with van der Waals surface area (Å²) in [5.74, 6) is 2.78. The number of hydrogen-bond acceptors (Lipinski definition) is 3. The minimum Gasteiger partial charge on any atom is -0.352 e. The van der Waals surface area contributed by atoms with Crippen LogP contribution in [0.25, 0.3) is 0 Å². The molecule has 0 saturated heterocycles. The minimum atomic E-state index is -0.192. The van der Waals surface area contributed by atoms with E-state index in [1.54, 1.807) is 23.9 Å². The van der Waals surface area contributed by atoms with Crippen molar-refractivity contribution >= 4 is 5.82 Å². The lowest BCUT2D eigenvalue weighted by molar-refractivity contribution is 0.717. The van der Waals surface area contributed by atoms with Gasteiger partial charge in [0.2, 0.25) is 0 Å². The summed E-state index contributed by atoms with van der Waals surface area (Å²) in [6, 6.07) is -0.192. The molecule has 1 aromatic heterocycles. The highest BCUT2D eigenvalue weighted by molar-refractivity contribution is 5.34. The molecule has 0 aliphatic carbocycles. The largest absolute Gasteiger partial charge is 0.352 e. The molecule has 0 radical (unpaired) electrons. The number of aryl methyl sites for hydroxylation is 1. The first-order valence-corrected chi connectivity index (χ1v) is 4.47. The van der Waals surface area contributed by atoms with Gasteiger partial charge in [-0.15, -0.1) is 6.42 Å². The van der Waals surface area contributed by atoms with Crippen LogP contribution in [0.1, 0.15) is 13.8 Å². The van der Waals surface area contributed by atoms with E-state index < -0.39 is 0 Å². The van der Waals surface area contributed by atoms with E-state index in [9.17, 15) is 4.79 Å². The molecule has 1 atom stereocenters. The number of hydrogen-bond donors (Lipinski definition) is 1. The molecule has 0 spiro atoms. The first kappa shape index (κ1) is 10.3. The first-order valence-electron chi connectivity index (χ1n) is 4.47. The van der Waals surface area contributed by atoms with Crippen LogP contribution in [0.5, 0.6) is 0 Å². The van der Waals surface area contributed by atoms with E-state index in [1.165, 1.54) is 0 Å². The van der Waals surface area contributed by atoms with Gasteiger partial charge in [0.05, 0.1) is 6.04 Å². The van der Waals surface area contributed by atoms with Crippen LogP contribution in [-0.4, -0.2) is 15.6 Å². The van der Waals surface area contributed by atoms with E-state index in [0.29, 0.717) is 12.4 Å². The van der Waals surface area contributed by atoms with Gasteiger partial charge in [-0.25, -0.2) is 4.98 Å². The average Bonchev–Trinajstić information content (AvgIpc) is 2.21. The van der Waals surface area contributed by atoms with E-state index in [4.69, 9.17) is 6.42 Å². The molecule has 0 aliphatic rings. The van der Waals surface area contributed by atoms with Gasteiger partial charge in [0.15, 0.2) is 5.82 Å². The summed E-state index contributed by atoms with van der Waals surface area (Å²) in [6.07, 6.45) is 8.42. The Hall–Kier alpha value is -1.76. The maximum atomic E-state index is 11.6. The van der Waals surface area contributed by atoms with E-state index in [1.807, 2.05) is 6.92 Å². The summed E-state index contributed by atoms with van der Waals surface area (Å²) in [5.41, 5.74) is -0.142. The van der Waals surface area contributed by atoms with Crippen LogP contribution >= 0.6 is 0 Å². The zero-order valence-electron chi connectivity index (χ0n) is 8.32. The molecular weight excluding hydrogens is 178 g/mol. The molecule has 1 aromatic rings. The fraction of sp³-hybridized carbons (Fsp3) is 0.400. The number of aromatic nitrogens is 2. The van der Waals surface area contributed by atoms with Gasteiger partial charge >= 0.3 is 0 Å². The van der Waals surface area contributed by atoms with Crippen LogP contribution in [0.2, 0.25) is 0 Å². The van der Waals surface area contributed by atoms with Crippen LogP contribution in [0, 0.1) is 12.3 Å². The van der Waals surface area contributed by atoms with Crippen molar-refractivity contribution in [2.45, 2.75) is 26.4 Å². The second kappa shape index (κ2) is 4.47. The third kappa shape index (κ3) is 2.13. The van der Waals surface area contributed by atoms with Crippen molar-refractivity contribution in [3.63, 3.8) is 0 Å². The maximum absolute atomic E-state index is 11.6. The highest BCUT2D eigenvalue weighted by Crippen LogP contribution is 1.95. The van der Waals surface area contributed by atoms with E-state index >= 15 is 0 Å². The van der Waals surface area contributed by atoms with Crippen LogP contribution in [0.3, 0.4) is 0 Å². The SMILES string of the molecule is C#CC(C)Nc1nccn(CC)c1=O. The second-order valence-corrected chi connectivity index (χ2v) is 2.90. The Morgan fingerprint density at radius 1 is 1.79 bits per heavy atom. The summed E-state index contributed by atoms with van der Waals surface area (Å²) in [6.45, 7) is 4.32. The molecule has 1 heterocycles. The zero-order chi connectivity index (χ0) is 10.6. The van der Waals surface area contributed by atoms with E-state index in [-0.39, 0.29) is 11.6 Å². The van der Waals surface area contributed by atoms with Crippen molar-refractivity contribution in [1.82, 2.24) is 9.55 Å².